The summed E-state index contributed by atoms with van der Waals surface area (Å²) in [6.45, 7) is 10.2. The van der Waals surface area contributed by atoms with Gasteiger partial charge in [-0.25, -0.2) is 0 Å². The Kier molecular flexibility index (Phi) is 7.86. The quantitative estimate of drug-likeness (QED) is 0.395. The molecule has 198 valence electrons. The third-order valence-electron chi connectivity index (χ3n) is 6.56. The number of carbonyl (C=O) groups excluding carboxylic acids is 3. The van der Waals surface area contributed by atoms with Crippen LogP contribution in [0.1, 0.15) is 43.9 Å². The van der Waals surface area contributed by atoms with Crippen molar-refractivity contribution in [2.24, 2.45) is 5.92 Å². The van der Waals surface area contributed by atoms with Crippen LogP contribution in [0, 0.1) is 19.8 Å². The molecule has 1 aliphatic heterocycles. The number of carbonyl (C=O) groups is 3. The van der Waals surface area contributed by atoms with Gasteiger partial charge in [-0.3, -0.25) is 14.4 Å². The minimum atomic E-state index is -0.631. The first-order valence-corrected chi connectivity index (χ1v) is 12.7. The molecule has 1 heterocycles. The van der Waals surface area contributed by atoms with Crippen LogP contribution in [0.25, 0.3) is 0 Å². The first kappa shape index (κ1) is 26.9. The highest BCUT2D eigenvalue weighted by Gasteiger charge is 2.36. The van der Waals surface area contributed by atoms with Crippen molar-refractivity contribution in [3.63, 3.8) is 0 Å². The van der Waals surface area contributed by atoms with Crippen molar-refractivity contribution < 1.29 is 23.9 Å². The second-order valence-electron chi connectivity index (χ2n) is 10.7. The van der Waals surface area contributed by atoms with Crippen molar-refractivity contribution in [2.45, 2.75) is 46.5 Å². The summed E-state index contributed by atoms with van der Waals surface area (Å²) in [7, 11) is 0. The van der Waals surface area contributed by atoms with Gasteiger partial charge in [0.1, 0.15) is 11.5 Å². The SMILES string of the molecule is Cc1ccc(NC(=O)COC(=O)[C@@H]2CC(=O)N(c3ccc(Oc4ccc(C(C)(C)C)cc4)cc3)C2)c(C)c1. The summed E-state index contributed by atoms with van der Waals surface area (Å²) < 4.78 is 11.2. The van der Waals surface area contributed by atoms with Crippen LogP contribution in [-0.2, 0) is 24.5 Å². The number of amides is 2. The molecule has 0 saturated carbocycles. The first-order chi connectivity index (χ1) is 18.0. The summed E-state index contributed by atoms with van der Waals surface area (Å²) in [6.07, 6.45) is 0.0376. The van der Waals surface area contributed by atoms with Crippen molar-refractivity contribution in [3.05, 3.63) is 83.4 Å². The van der Waals surface area contributed by atoms with Gasteiger partial charge in [-0.15, -0.1) is 0 Å². The average molecular weight is 515 g/mol. The molecule has 1 atom stereocenters. The molecule has 0 unspecified atom stereocenters. The van der Waals surface area contributed by atoms with Crippen molar-refractivity contribution in [1.82, 2.24) is 0 Å². The summed E-state index contributed by atoms with van der Waals surface area (Å²) in [5.74, 6) is -0.403. The van der Waals surface area contributed by atoms with Gasteiger partial charge in [-0.1, -0.05) is 50.6 Å². The molecule has 4 rings (SSSR count). The molecule has 1 N–H and O–H groups in total. The second kappa shape index (κ2) is 11.1. The van der Waals surface area contributed by atoms with Gasteiger partial charge >= 0.3 is 5.97 Å². The predicted molar refractivity (Wildman–Crippen MR) is 148 cm³/mol. The van der Waals surface area contributed by atoms with Gasteiger partial charge in [-0.05, 0) is 72.9 Å². The highest BCUT2D eigenvalue weighted by molar-refractivity contribution is 6.00. The van der Waals surface area contributed by atoms with Gasteiger partial charge < -0.3 is 19.7 Å². The van der Waals surface area contributed by atoms with Crippen LogP contribution < -0.4 is 15.0 Å². The Morgan fingerprint density at radius 2 is 1.58 bits per heavy atom. The molecule has 3 aromatic carbocycles. The van der Waals surface area contributed by atoms with Gasteiger partial charge in [0.2, 0.25) is 5.91 Å². The molecule has 0 aromatic heterocycles. The lowest BCUT2D eigenvalue weighted by atomic mass is 9.87. The highest BCUT2D eigenvalue weighted by atomic mass is 16.5. The molecule has 38 heavy (non-hydrogen) atoms. The van der Waals surface area contributed by atoms with E-state index in [0.29, 0.717) is 17.1 Å². The van der Waals surface area contributed by atoms with Crippen LogP contribution in [0.3, 0.4) is 0 Å². The maximum absolute atomic E-state index is 12.6. The van der Waals surface area contributed by atoms with E-state index in [-0.39, 0.29) is 24.3 Å². The molecular weight excluding hydrogens is 480 g/mol. The summed E-state index contributed by atoms with van der Waals surface area (Å²) in [6, 6.07) is 20.8. The number of ether oxygens (including phenoxy) is 2. The number of nitrogens with zero attached hydrogens (tertiary/aromatic N) is 1. The van der Waals surface area contributed by atoms with Gasteiger partial charge in [0.25, 0.3) is 5.91 Å². The number of benzene rings is 3. The van der Waals surface area contributed by atoms with E-state index in [1.165, 1.54) is 5.56 Å². The molecule has 7 nitrogen and oxygen atoms in total. The van der Waals surface area contributed by atoms with Crippen molar-refractivity contribution in [3.8, 4) is 11.5 Å². The normalized spacial score (nSPS) is 15.3. The number of hydrogen-bond donors (Lipinski definition) is 1. The van der Waals surface area contributed by atoms with Crippen molar-refractivity contribution >= 4 is 29.2 Å². The van der Waals surface area contributed by atoms with E-state index < -0.39 is 24.4 Å². The molecular formula is C31H34N2O5. The molecule has 0 aliphatic carbocycles. The van der Waals surface area contributed by atoms with E-state index in [4.69, 9.17) is 9.47 Å². The summed E-state index contributed by atoms with van der Waals surface area (Å²) in [5.41, 5.74) is 4.66. The molecule has 0 spiro atoms. The zero-order chi connectivity index (χ0) is 27.4. The second-order valence-corrected chi connectivity index (χ2v) is 10.7. The fraction of sp³-hybridized carbons (Fsp3) is 0.323. The fourth-order valence-corrected chi connectivity index (χ4v) is 4.36. The Hall–Kier alpha value is -4.13. The molecule has 1 saturated heterocycles. The molecule has 2 amide bonds. The summed E-state index contributed by atoms with van der Waals surface area (Å²) >= 11 is 0. The van der Waals surface area contributed by atoms with Crippen LogP contribution in [0.4, 0.5) is 11.4 Å². The van der Waals surface area contributed by atoms with Crippen LogP contribution in [0.5, 0.6) is 11.5 Å². The third-order valence-corrected chi connectivity index (χ3v) is 6.56. The molecule has 0 radical (unpaired) electrons. The zero-order valence-corrected chi connectivity index (χ0v) is 22.5. The van der Waals surface area contributed by atoms with Crippen LogP contribution >= 0.6 is 0 Å². The number of aryl methyl sites for hydroxylation is 2. The third kappa shape index (κ3) is 6.59. The van der Waals surface area contributed by atoms with E-state index in [9.17, 15) is 14.4 Å². The highest BCUT2D eigenvalue weighted by Crippen LogP contribution is 2.30. The topological polar surface area (TPSA) is 84.9 Å². The molecule has 7 heteroatoms. The van der Waals surface area contributed by atoms with E-state index in [1.54, 1.807) is 29.2 Å². The predicted octanol–water partition coefficient (Wildman–Crippen LogP) is 5.93. The van der Waals surface area contributed by atoms with Gasteiger partial charge in [0.05, 0.1) is 5.92 Å². The van der Waals surface area contributed by atoms with Gasteiger partial charge in [-0.2, -0.15) is 0 Å². The van der Waals surface area contributed by atoms with E-state index >= 15 is 0 Å². The Morgan fingerprint density at radius 1 is 0.947 bits per heavy atom. The zero-order valence-electron chi connectivity index (χ0n) is 22.5. The number of anilines is 2. The molecule has 1 aliphatic rings. The molecule has 3 aromatic rings. The minimum Gasteiger partial charge on any atom is -0.457 e. The monoisotopic (exact) mass is 514 g/mol. The lowest BCUT2D eigenvalue weighted by Crippen LogP contribution is -2.28. The summed E-state index contributed by atoms with van der Waals surface area (Å²) in [4.78, 5) is 39.0. The maximum Gasteiger partial charge on any atom is 0.311 e. The number of nitrogens with one attached hydrogen (secondary N) is 1. The lowest BCUT2D eigenvalue weighted by molar-refractivity contribution is -0.151. The Labute approximate surface area is 223 Å². The Balaban J connectivity index is 1.29. The van der Waals surface area contributed by atoms with Crippen molar-refractivity contribution in [2.75, 3.05) is 23.4 Å². The molecule has 1 fully saturated rings. The maximum atomic E-state index is 12.6. The molecule has 0 bridgehead atoms. The van der Waals surface area contributed by atoms with Gasteiger partial charge in [0, 0.05) is 24.3 Å². The van der Waals surface area contributed by atoms with E-state index in [2.05, 4.69) is 38.2 Å². The van der Waals surface area contributed by atoms with Crippen LogP contribution in [0.15, 0.2) is 66.7 Å². The Bertz CT molecular complexity index is 1320. The number of hydrogen-bond acceptors (Lipinski definition) is 5. The van der Waals surface area contributed by atoms with Crippen LogP contribution in [-0.4, -0.2) is 30.9 Å². The minimum absolute atomic E-state index is 0.0376. The van der Waals surface area contributed by atoms with Crippen LogP contribution in [0.2, 0.25) is 0 Å². The standard InChI is InChI=1S/C31H34N2O5/c1-20-6-15-27(21(2)16-20)32-28(34)19-37-30(36)22-17-29(35)33(18-22)24-9-13-26(14-10-24)38-25-11-7-23(8-12-25)31(3,4)5/h6-16,22H,17-19H2,1-5H3,(H,32,34)/t22-/m1/s1. The summed E-state index contributed by atoms with van der Waals surface area (Å²) in [5, 5.41) is 2.75. The smallest absolute Gasteiger partial charge is 0.311 e. The average Bonchev–Trinajstić information content (AvgIpc) is 3.26. The Morgan fingerprint density at radius 3 is 2.18 bits per heavy atom. The number of rotatable bonds is 7. The van der Waals surface area contributed by atoms with Gasteiger partial charge in [0.15, 0.2) is 6.61 Å². The number of esters is 1. The first-order valence-electron chi connectivity index (χ1n) is 12.7. The fourth-order valence-electron chi connectivity index (χ4n) is 4.36. The van der Waals surface area contributed by atoms with E-state index in [0.717, 1.165) is 16.9 Å². The lowest BCUT2D eigenvalue weighted by Gasteiger charge is -2.19. The van der Waals surface area contributed by atoms with E-state index in [1.807, 2.05) is 44.2 Å². The largest absolute Gasteiger partial charge is 0.457 e. The van der Waals surface area contributed by atoms with Crippen molar-refractivity contribution in [1.29, 1.82) is 0 Å².